The zero-order chi connectivity index (χ0) is 15.4. The molecule has 0 aliphatic carbocycles. The number of carbonyl (C=O) groups excluding carboxylic acids is 1. The van der Waals surface area contributed by atoms with E-state index in [1.54, 1.807) is 20.2 Å². The van der Waals surface area contributed by atoms with Crippen LogP contribution in [0, 0.1) is 5.82 Å². The zero-order valence-corrected chi connectivity index (χ0v) is 13.3. The summed E-state index contributed by atoms with van der Waals surface area (Å²) in [7, 11) is 1.65. The summed E-state index contributed by atoms with van der Waals surface area (Å²) in [5.74, 6) is -1.14. The predicted molar refractivity (Wildman–Crippen MR) is 80.6 cm³/mol. The number of hydrogen-bond acceptors (Lipinski definition) is 5. The first-order chi connectivity index (χ1) is 10.1. The minimum atomic E-state index is -0.627. The molecule has 0 radical (unpaired) electrons. The second-order valence-electron chi connectivity index (χ2n) is 5.10. The highest BCUT2D eigenvalue weighted by Gasteiger charge is 2.27. The molecule has 7 heteroatoms. The van der Waals surface area contributed by atoms with E-state index in [4.69, 9.17) is 10.5 Å². The number of aryl methyl sites for hydroxylation is 1. The average Bonchev–Trinajstić information content (AvgIpc) is 2.74. The van der Waals surface area contributed by atoms with Gasteiger partial charge in [0, 0.05) is 32.4 Å². The average molecular weight is 315 g/mol. The molecule has 118 valence electrons. The Morgan fingerprint density at radius 2 is 2.33 bits per heavy atom. The van der Waals surface area contributed by atoms with Crippen LogP contribution in [0.25, 0.3) is 0 Å². The molecule has 2 rings (SSSR count). The van der Waals surface area contributed by atoms with Gasteiger partial charge in [0.05, 0.1) is 11.5 Å². The summed E-state index contributed by atoms with van der Waals surface area (Å²) in [6.07, 6.45) is 4.91. The van der Waals surface area contributed by atoms with Crippen molar-refractivity contribution in [1.29, 1.82) is 0 Å². The second kappa shape index (κ2) is 7.29. The molecule has 0 amide bonds. The van der Waals surface area contributed by atoms with Gasteiger partial charge in [-0.15, -0.1) is 0 Å². The summed E-state index contributed by atoms with van der Waals surface area (Å²) >= 11 is 1.34. The summed E-state index contributed by atoms with van der Waals surface area (Å²) in [6, 6.07) is 0.259. The van der Waals surface area contributed by atoms with Crippen LogP contribution in [0.5, 0.6) is 0 Å². The van der Waals surface area contributed by atoms with Crippen molar-refractivity contribution in [3.63, 3.8) is 0 Å². The lowest BCUT2D eigenvalue weighted by Gasteiger charge is -2.33. The molecule has 1 aromatic heterocycles. The third-order valence-corrected chi connectivity index (χ3v) is 4.81. The molecule has 0 saturated carbocycles. The summed E-state index contributed by atoms with van der Waals surface area (Å²) in [5, 5.41) is 0. The molecular weight excluding hydrogens is 293 g/mol. The van der Waals surface area contributed by atoms with E-state index in [0.717, 1.165) is 25.8 Å². The molecule has 1 saturated heterocycles. The van der Waals surface area contributed by atoms with Crippen molar-refractivity contribution >= 4 is 17.9 Å². The van der Waals surface area contributed by atoms with Crippen LogP contribution in [0.1, 0.15) is 36.7 Å². The number of aromatic nitrogens is 1. The van der Waals surface area contributed by atoms with Gasteiger partial charge in [0.25, 0.3) is 0 Å². The van der Waals surface area contributed by atoms with Gasteiger partial charge >= 0.3 is 5.97 Å². The minimum absolute atomic E-state index is 0.0272. The van der Waals surface area contributed by atoms with Gasteiger partial charge in [0.2, 0.25) is 0 Å². The molecule has 1 aliphatic heterocycles. The van der Waals surface area contributed by atoms with Gasteiger partial charge < -0.3 is 15.0 Å². The Bertz CT molecular complexity index is 507. The fourth-order valence-corrected chi connectivity index (χ4v) is 3.72. The molecular formula is C14H22FN3O2S. The fraction of sp³-hybridized carbons (Fsp3) is 0.643. The van der Waals surface area contributed by atoms with Gasteiger partial charge in [-0.2, -0.15) is 0 Å². The maximum Gasteiger partial charge on any atom is 0.358 e. The molecule has 1 fully saturated rings. The molecule has 1 aliphatic rings. The molecule has 0 aromatic carbocycles. The van der Waals surface area contributed by atoms with Crippen LogP contribution >= 0.6 is 11.9 Å². The van der Waals surface area contributed by atoms with E-state index in [1.807, 2.05) is 0 Å². The normalized spacial score (nSPS) is 19.7. The maximum atomic E-state index is 14.5. The van der Waals surface area contributed by atoms with Crippen molar-refractivity contribution in [2.24, 2.45) is 12.8 Å². The van der Waals surface area contributed by atoms with E-state index in [-0.39, 0.29) is 18.3 Å². The van der Waals surface area contributed by atoms with Crippen LogP contribution in [0.15, 0.2) is 11.1 Å². The topological polar surface area (TPSA) is 60.5 Å². The smallest absolute Gasteiger partial charge is 0.358 e. The third kappa shape index (κ3) is 3.59. The van der Waals surface area contributed by atoms with E-state index < -0.39 is 11.8 Å². The van der Waals surface area contributed by atoms with Gasteiger partial charge in [-0.1, -0.05) is 6.42 Å². The van der Waals surface area contributed by atoms with E-state index in [2.05, 4.69) is 4.31 Å². The highest BCUT2D eigenvalue weighted by molar-refractivity contribution is 7.97. The number of carbonyl (C=O) groups is 1. The Morgan fingerprint density at radius 3 is 3.00 bits per heavy atom. The van der Waals surface area contributed by atoms with Gasteiger partial charge in [0.1, 0.15) is 0 Å². The van der Waals surface area contributed by atoms with Crippen LogP contribution in [-0.2, 0) is 11.8 Å². The van der Waals surface area contributed by atoms with Crippen molar-refractivity contribution in [3.8, 4) is 0 Å². The molecule has 2 N–H and O–H groups in total. The van der Waals surface area contributed by atoms with Crippen LogP contribution < -0.4 is 5.73 Å². The summed E-state index contributed by atoms with van der Waals surface area (Å²) in [4.78, 5) is 12.2. The van der Waals surface area contributed by atoms with Gasteiger partial charge in [-0.05, 0) is 31.7 Å². The zero-order valence-electron chi connectivity index (χ0n) is 12.5. The first-order valence-electron chi connectivity index (χ1n) is 7.25. The fourth-order valence-electron chi connectivity index (χ4n) is 2.52. The SMILES string of the molecule is CCOC(=O)c1c(F)c(SN2CCCCC2CN)cn1C. The number of halogens is 1. The van der Waals surface area contributed by atoms with E-state index >= 15 is 0 Å². The first-order valence-corrected chi connectivity index (χ1v) is 8.02. The second-order valence-corrected chi connectivity index (χ2v) is 6.20. The molecule has 2 heterocycles. The number of hydrogen-bond donors (Lipinski definition) is 1. The lowest BCUT2D eigenvalue weighted by Crippen LogP contribution is -2.39. The third-order valence-electron chi connectivity index (χ3n) is 3.62. The number of ether oxygens (including phenoxy) is 1. The first kappa shape index (κ1) is 16.3. The van der Waals surface area contributed by atoms with Crippen molar-refractivity contribution in [1.82, 2.24) is 8.87 Å². The lowest BCUT2D eigenvalue weighted by atomic mass is 10.1. The van der Waals surface area contributed by atoms with Crippen molar-refractivity contribution in [3.05, 3.63) is 17.7 Å². The quantitative estimate of drug-likeness (QED) is 0.666. The van der Waals surface area contributed by atoms with Gasteiger partial charge in [-0.3, -0.25) is 0 Å². The van der Waals surface area contributed by atoms with E-state index in [0.29, 0.717) is 11.4 Å². The molecule has 1 atom stereocenters. The van der Waals surface area contributed by atoms with Crippen LogP contribution in [0.3, 0.4) is 0 Å². The molecule has 5 nitrogen and oxygen atoms in total. The van der Waals surface area contributed by atoms with E-state index in [1.165, 1.54) is 16.5 Å². The van der Waals surface area contributed by atoms with Crippen molar-refractivity contribution in [2.45, 2.75) is 37.1 Å². The Morgan fingerprint density at radius 1 is 1.57 bits per heavy atom. The van der Waals surface area contributed by atoms with Gasteiger partial charge in [-0.25, -0.2) is 13.5 Å². The largest absolute Gasteiger partial charge is 0.461 e. The molecule has 0 bridgehead atoms. The molecule has 21 heavy (non-hydrogen) atoms. The number of esters is 1. The molecule has 1 aromatic rings. The Kier molecular flexibility index (Phi) is 5.66. The van der Waals surface area contributed by atoms with Gasteiger partial charge in [0.15, 0.2) is 11.5 Å². The predicted octanol–water partition coefficient (Wildman–Crippen LogP) is 2.16. The minimum Gasteiger partial charge on any atom is -0.461 e. The Labute approximate surface area is 128 Å². The summed E-state index contributed by atoms with van der Waals surface area (Å²) in [5.41, 5.74) is 5.75. The Hall–Kier alpha value is -1.05. The number of rotatable bonds is 5. The van der Waals surface area contributed by atoms with Crippen LogP contribution in [-0.4, -0.2) is 40.6 Å². The molecule has 0 spiro atoms. The Balaban J connectivity index is 2.17. The monoisotopic (exact) mass is 315 g/mol. The highest BCUT2D eigenvalue weighted by atomic mass is 32.2. The van der Waals surface area contributed by atoms with Crippen molar-refractivity contribution in [2.75, 3.05) is 19.7 Å². The summed E-state index contributed by atoms with van der Waals surface area (Å²) < 4.78 is 23.0. The van der Waals surface area contributed by atoms with Crippen LogP contribution in [0.2, 0.25) is 0 Å². The highest BCUT2D eigenvalue weighted by Crippen LogP contribution is 2.33. The maximum absolute atomic E-state index is 14.5. The van der Waals surface area contributed by atoms with Crippen molar-refractivity contribution < 1.29 is 13.9 Å². The number of piperidine rings is 1. The summed E-state index contributed by atoms with van der Waals surface area (Å²) in [6.45, 7) is 3.38. The standard InChI is InChI=1S/C14H22FN3O2S/c1-3-20-14(19)13-12(15)11(9-17(13)2)21-18-7-5-4-6-10(18)8-16/h9-10H,3-8,16H2,1-2H3. The van der Waals surface area contributed by atoms with Crippen LogP contribution in [0.4, 0.5) is 4.39 Å². The number of nitrogens with two attached hydrogens (primary N) is 1. The van der Waals surface area contributed by atoms with E-state index in [9.17, 15) is 9.18 Å². The molecule has 1 unspecified atom stereocenters. The lowest BCUT2D eigenvalue weighted by molar-refractivity contribution is 0.0509. The number of nitrogens with zero attached hydrogens (tertiary/aromatic N) is 2.